The summed E-state index contributed by atoms with van der Waals surface area (Å²) in [6, 6.07) is -0.192. The van der Waals surface area contributed by atoms with Gasteiger partial charge in [-0.1, -0.05) is 0 Å². The van der Waals surface area contributed by atoms with Crippen molar-refractivity contribution in [3.05, 3.63) is 0 Å². The summed E-state index contributed by atoms with van der Waals surface area (Å²) in [5, 5.41) is 2.91. The first kappa shape index (κ1) is 18.1. The molecule has 1 saturated heterocycles. The Hall–Kier alpha value is -1.96. The summed E-state index contributed by atoms with van der Waals surface area (Å²) in [6.45, 7) is 0.226. The third-order valence-corrected chi connectivity index (χ3v) is 7.37. The van der Waals surface area contributed by atoms with E-state index in [0.717, 1.165) is 41.9 Å². The fraction of sp³-hybridized carbons (Fsp3) is 0.800. The van der Waals surface area contributed by atoms with Crippen molar-refractivity contribution in [2.75, 3.05) is 20.3 Å². The zero-order valence-electron chi connectivity index (χ0n) is 16.4. The molecule has 6 rings (SSSR count). The van der Waals surface area contributed by atoms with Gasteiger partial charge in [-0.3, -0.25) is 14.4 Å². The van der Waals surface area contributed by atoms with Crippen molar-refractivity contribution in [2.24, 2.45) is 17.8 Å². The number of urea groups is 1. The number of imide groups is 2. The number of hydrogen-bond donors (Lipinski definition) is 2. The van der Waals surface area contributed by atoms with Gasteiger partial charge in [0.05, 0.1) is 12.6 Å². The van der Waals surface area contributed by atoms with Crippen molar-refractivity contribution in [2.45, 2.75) is 62.9 Å². The Bertz CT molecular complexity index is 711. The van der Waals surface area contributed by atoms with E-state index >= 15 is 0 Å². The minimum absolute atomic E-state index is 0.0460. The Balaban J connectivity index is 1.29. The van der Waals surface area contributed by atoms with Crippen LogP contribution < -0.4 is 10.2 Å². The fourth-order valence-electron chi connectivity index (χ4n) is 6.51. The largest absolute Gasteiger partial charge is 0.348 e. The fourth-order valence-corrected chi connectivity index (χ4v) is 6.51. The molecule has 0 aromatic heterocycles. The monoisotopic (exact) mass is 389 g/mol. The average Bonchev–Trinajstić information content (AvgIpc) is 3.37. The number of amides is 5. The molecular formula is C20H29N4O4+. The van der Waals surface area contributed by atoms with E-state index in [1.54, 1.807) is 7.05 Å². The van der Waals surface area contributed by atoms with E-state index in [-0.39, 0.29) is 25.2 Å². The first-order valence-corrected chi connectivity index (χ1v) is 10.7. The topological polar surface area (TPSA) is 91.2 Å². The number of nitrogens with one attached hydrogen (secondary N) is 2. The van der Waals surface area contributed by atoms with Crippen molar-refractivity contribution >= 4 is 23.8 Å². The van der Waals surface area contributed by atoms with Gasteiger partial charge in [-0.05, 0) is 69.1 Å². The molecule has 5 amide bonds. The van der Waals surface area contributed by atoms with Crippen LogP contribution >= 0.6 is 0 Å². The first-order valence-electron chi connectivity index (χ1n) is 10.7. The number of quaternary nitrogens is 1. The molecular weight excluding hydrogens is 360 g/mol. The van der Waals surface area contributed by atoms with Crippen molar-refractivity contribution in [1.29, 1.82) is 0 Å². The normalized spacial score (nSPS) is 37.8. The molecule has 152 valence electrons. The molecule has 2 N–H and O–H groups in total. The molecule has 1 atom stereocenters. The van der Waals surface area contributed by atoms with E-state index in [1.165, 1.54) is 24.2 Å². The van der Waals surface area contributed by atoms with Gasteiger partial charge in [-0.25, -0.2) is 14.6 Å². The lowest BCUT2D eigenvalue weighted by molar-refractivity contribution is -0.879. The maximum absolute atomic E-state index is 13.1. The molecule has 5 saturated carbocycles. The second kappa shape index (κ2) is 6.27. The van der Waals surface area contributed by atoms with Crippen LogP contribution in [0.15, 0.2) is 0 Å². The van der Waals surface area contributed by atoms with Crippen LogP contribution in [0.25, 0.3) is 0 Å². The molecule has 4 bridgehead atoms. The third-order valence-electron chi connectivity index (χ3n) is 7.37. The lowest BCUT2D eigenvalue weighted by atomic mass is 9.52. The number of nitrogens with zero attached hydrogens (tertiary/aromatic N) is 2. The van der Waals surface area contributed by atoms with Gasteiger partial charge < -0.3 is 10.2 Å². The summed E-state index contributed by atoms with van der Waals surface area (Å²) in [7, 11) is 1.77. The van der Waals surface area contributed by atoms with E-state index in [2.05, 4.69) is 5.32 Å². The van der Waals surface area contributed by atoms with E-state index in [9.17, 15) is 19.2 Å². The number of rotatable bonds is 6. The van der Waals surface area contributed by atoms with Gasteiger partial charge in [-0.2, -0.15) is 0 Å². The van der Waals surface area contributed by atoms with Crippen LogP contribution in [0.2, 0.25) is 0 Å². The van der Waals surface area contributed by atoms with Gasteiger partial charge in [0.2, 0.25) is 0 Å². The molecule has 0 spiro atoms. The van der Waals surface area contributed by atoms with Gasteiger partial charge in [0.1, 0.15) is 0 Å². The number of hydrogen-bond acceptors (Lipinski definition) is 4. The minimum Gasteiger partial charge on any atom is -0.348 e. The number of carbonyl (C=O) groups excluding carboxylic acids is 4. The highest BCUT2D eigenvalue weighted by atomic mass is 16.2. The van der Waals surface area contributed by atoms with E-state index in [0.29, 0.717) is 17.8 Å². The summed E-state index contributed by atoms with van der Waals surface area (Å²) >= 11 is 0. The molecule has 8 nitrogen and oxygen atoms in total. The molecule has 28 heavy (non-hydrogen) atoms. The highest BCUT2D eigenvalue weighted by molar-refractivity contribution is 6.44. The molecule has 0 aromatic carbocycles. The molecule has 1 unspecified atom stereocenters. The SMILES string of the molecule is C[NH+](CC(=O)NC1CC1)CN1C(=O)C(=O)N(C23CC4CC(CC(C4)C2)C3)C1=O. The van der Waals surface area contributed by atoms with Crippen LogP contribution in [0.3, 0.4) is 0 Å². The molecule has 0 radical (unpaired) electrons. The molecule has 1 heterocycles. The molecule has 8 heteroatoms. The molecule has 6 fully saturated rings. The van der Waals surface area contributed by atoms with Gasteiger partial charge >= 0.3 is 17.8 Å². The quantitative estimate of drug-likeness (QED) is 0.473. The second-order valence-electron chi connectivity index (χ2n) is 9.93. The average molecular weight is 389 g/mol. The molecule has 5 aliphatic carbocycles. The van der Waals surface area contributed by atoms with Crippen LogP contribution in [0, 0.1) is 17.8 Å². The Morgan fingerprint density at radius 1 is 1.04 bits per heavy atom. The maximum atomic E-state index is 13.1. The first-order chi connectivity index (χ1) is 13.3. The van der Waals surface area contributed by atoms with Gasteiger partial charge in [0.25, 0.3) is 5.91 Å². The molecule has 1 aliphatic heterocycles. The zero-order chi connectivity index (χ0) is 19.6. The summed E-state index contributed by atoms with van der Waals surface area (Å²) < 4.78 is 0. The zero-order valence-corrected chi connectivity index (χ0v) is 16.4. The van der Waals surface area contributed by atoms with Crippen LogP contribution in [-0.4, -0.2) is 65.4 Å². The summed E-state index contributed by atoms with van der Waals surface area (Å²) in [4.78, 5) is 53.7. The summed E-state index contributed by atoms with van der Waals surface area (Å²) in [5.41, 5.74) is -0.454. The van der Waals surface area contributed by atoms with Gasteiger partial charge in [0.15, 0.2) is 13.2 Å². The van der Waals surface area contributed by atoms with Crippen LogP contribution in [0.1, 0.15) is 51.4 Å². The summed E-state index contributed by atoms with van der Waals surface area (Å²) in [6.07, 6.45) is 8.20. The van der Waals surface area contributed by atoms with Crippen molar-refractivity contribution in [1.82, 2.24) is 15.1 Å². The predicted molar refractivity (Wildman–Crippen MR) is 97.8 cm³/mol. The molecule has 0 aromatic rings. The Labute approximate surface area is 164 Å². The molecule has 6 aliphatic rings. The van der Waals surface area contributed by atoms with E-state index in [4.69, 9.17) is 0 Å². The standard InChI is InChI=1S/C20H28N4O4/c1-22(10-16(25)21-15-2-3-15)11-23-17(26)18(27)24(19(23)28)20-7-12-4-13(8-20)6-14(5-12)9-20/h12-15H,2-11H2,1H3,(H,21,25)/p+1. The Morgan fingerprint density at radius 3 is 2.14 bits per heavy atom. The van der Waals surface area contributed by atoms with Crippen LogP contribution in [0.5, 0.6) is 0 Å². The van der Waals surface area contributed by atoms with Crippen LogP contribution in [0.4, 0.5) is 4.79 Å². The third kappa shape index (κ3) is 2.93. The van der Waals surface area contributed by atoms with E-state index < -0.39 is 23.4 Å². The lowest BCUT2D eigenvalue weighted by Crippen LogP contribution is -3.12. The highest BCUT2D eigenvalue weighted by Crippen LogP contribution is 2.58. The second-order valence-corrected chi connectivity index (χ2v) is 9.93. The van der Waals surface area contributed by atoms with E-state index in [1.807, 2.05) is 0 Å². The van der Waals surface area contributed by atoms with Crippen molar-refractivity contribution in [3.63, 3.8) is 0 Å². The maximum Gasteiger partial charge on any atom is 0.339 e. The lowest BCUT2D eigenvalue weighted by Gasteiger charge is -2.58. The van der Waals surface area contributed by atoms with Gasteiger partial charge in [-0.15, -0.1) is 0 Å². The number of likely N-dealkylation sites (N-methyl/N-ethyl adjacent to an activating group) is 1. The Kier molecular flexibility index (Phi) is 4.05. The number of carbonyl (C=O) groups is 4. The smallest absolute Gasteiger partial charge is 0.339 e. The summed E-state index contributed by atoms with van der Waals surface area (Å²) in [5.74, 6) is 0.259. The predicted octanol–water partition coefficient (Wildman–Crippen LogP) is -0.503. The van der Waals surface area contributed by atoms with Crippen LogP contribution in [-0.2, 0) is 14.4 Å². The highest BCUT2D eigenvalue weighted by Gasteiger charge is 2.61. The van der Waals surface area contributed by atoms with Gasteiger partial charge in [0, 0.05) is 6.04 Å². The van der Waals surface area contributed by atoms with Crippen molar-refractivity contribution in [3.8, 4) is 0 Å². The van der Waals surface area contributed by atoms with Crippen molar-refractivity contribution < 1.29 is 24.1 Å². The Morgan fingerprint density at radius 2 is 1.61 bits per heavy atom. The minimum atomic E-state index is -0.734.